The van der Waals surface area contributed by atoms with E-state index >= 15 is 0 Å². The van der Waals surface area contributed by atoms with E-state index in [1.165, 1.54) is 12.1 Å². The first kappa shape index (κ1) is 13.3. The van der Waals surface area contributed by atoms with Gasteiger partial charge in [0.25, 0.3) is 5.91 Å². The Balaban J connectivity index is 1.62. The second kappa shape index (κ2) is 5.39. The predicted octanol–water partition coefficient (Wildman–Crippen LogP) is 0.488. The number of piperazine rings is 1. The molecule has 1 fully saturated rings. The van der Waals surface area contributed by atoms with Crippen molar-refractivity contribution in [2.45, 2.75) is 0 Å². The normalized spacial score (nSPS) is 15.3. The number of nitrogens with one attached hydrogen (secondary N) is 1. The van der Waals surface area contributed by atoms with Gasteiger partial charge in [0.1, 0.15) is 5.82 Å². The molecular formula is C13H15FN6O. The Kier molecular flexibility index (Phi) is 3.43. The SMILES string of the molecule is Nc1n[nH]c(C(=O)N2CCN(c3ccc(F)cc3)CC2)n1. The summed E-state index contributed by atoms with van der Waals surface area (Å²) in [6.07, 6.45) is 0. The second-order valence-corrected chi connectivity index (χ2v) is 4.80. The molecule has 0 radical (unpaired) electrons. The fourth-order valence-electron chi connectivity index (χ4n) is 2.34. The lowest BCUT2D eigenvalue weighted by Gasteiger charge is -2.35. The monoisotopic (exact) mass is 290 g/mol. The van der Waals surface area contributed by atoms with Gasteiger partial charge in [0.15, 0.2) is 0 Å². The van der Waals surface area contributed by atoms with Gasteiger partial charge < -0.3 is 15.5 Å². The number of carbonyl (C=O) groups is 1. The Morgan fingerprint density at radius 3 is 2.43 bits per heavy atom. The van der Waals surface area contributed by atoms with Crippen molar-refractivity contribution < 1.29 is 9.18 Å². The molecule has 0 bridgehead atoms. The molecule has 1 amide bonds. The molecule has 1 aromatic heterocycles. The Hall–Kier alpha value is -2.64. The number of carbonyl (C=O) groups excluding carboxylic acids is 1. The molecule has 1 aromatic carbocycles. The molecule has 3 rings (SSSR count). The minimum Gasteiger partial charge on any atom is -0.368 e. The number of hydrogen-bond donors (Lipinski definition) is 2. The van der Waals surface area contributed by atoms with Gasteiger partial charge in [-0.3, -0.25) is 9.89 Å². The summed E-state index contributed by atoms with van der Waals surface area (Å²) in [5.41, 5.74) is 6.34. The summed E-state index contributed by atoms with van der Waals surface area (Å²) in [5, 5.41) is 6.17. The Bertz CT molecular complexity index is 632. The number of nitrogens with zero attached hydrogens (tertiary/aromatic N) is 4. The van der Waals surface area contributed by atoms with Crippen molar-refractivity contribution in [2.24, 2.45) is 0 Å². The van der Waals surface area contributed by atoms with E-state index in [2.05, 4.69) is 20.1 Å². The third-order valence-electron chi connectivity index (χ3n) is 3.46. The van der Waals surface area contributed by atoms with Crippen LogP contribution in [-0.4, -0.2) is 52.2 Å². The van der Waals surface area contributed by atoms with Crippen LogP contribution in [0.4, 0.5) is 16.0 Å². The van der Waals surface area contributed by atoms with Crippen LogP contribution >= 0.6 is 0 Å². The molecule has 8 heteroatoms. The highest BCUT2D eigenvalue weighted by atomic mass is 19.1. The van der Waals surface area contributed by atoms with Crippen LogP contribution in [0.25, 0.3) is 0 Å². The van der Waals surface area contributed by atoms with Crippen molar-refractivity contribution in [1.82, 2.24) is 20.1 Å². The van der Waals surface area contributed by atoms with E-state index in [9.17, 15) is 9.18 Å². The highest BCUT2D eigenvalue weighted by Crippen LogP contribution is 2.17. The maximum Gasteiger partial charge on any atom is 0.291 e. The highest BCUT2D eigenvalue weighted by molar-refractivity contribution is 5.90. The number of aromatic amines is 1. The number of benzene rings is 1. The number of H-pyrrole nitrogens is 1. The third-order valence-corrected chi connectivity index (χ3v) is 3.46. The van der Waals surface area contributed by atoms with E-state index in [0.717, 1.165) is 5.69 Å². The second-order valence-electron chi connectivity index (χ2n) is 4.80. The van der Waals surface area contributed by atoms with Gasteiger partial charge in [-0.25, -0.2) is 4.39 Å². The van der Waals surface area contributed by atoms with Crippen LogP contribution in [0.2, 0.25) is 0 Å². The van der Waals surface area contributed by atoms with E-state index in [4.69, 9.17) is 5.73 Å². The fourth-order valence-corrected chi connectivity index (χ4v) is 2.34. The Morgan fingerprint density at radius 2 is 1.86 bits per heavy atom. The number of nitrogens with two attached hydrogens (primary N) is 1. The lowest BCUT2D eigenvalue weighted by atomic mass is 10.2. The molecular weight excluding hydrogens is 275 g/mol. The molecule has 0 unspecified atom stereocenters. The van der Waals surface area contributed by atoms with E-state index in [0.29, 0.717) is 26.2 Å². The third kappa shape index (κ3) is 2.78. The first-order chi connectivity index (χ1) is 10.1. The van der Waals surface area contributed by atoms with Crippen molar-refractivity contribution in [3.63, 3.8) is 0 Å². The number of amides is 1. The molecule has 0 saturated carbocycles. The van der Waals surface area contributed by atoms with Crippen molar-refractivity contribution in [3.05, 3.63) is 35.9 Å². The Morgan fingerprint density at radius 1 is 1.19 bits per heavy atom. The zero-order valence-electron chi connectivity index (χ0n) is 11.3. The van der Waals surface area contributed by atoms with Gasteiger partial charge >= 0.3 is 0 Å². The standard InChI is InChI=1S/C13H15FN6O/c14-9-1-3-10(4-2-9)19-5-7-20(8-6-19)12(21)11-16-13(15)18-17-11/h1-4H,5-8H2,(H3,15,16,17,18). The summed E-state index contributed by atoms with van der Waals surface area (Å²) in [7, 11) is 0. The van der Waals surface area contributed by atoms with E-state index in [-0.39, 0.29) is 23.5 Å². The number of aromatic nitrogens is 3. The number of halogens is 1. The van der Waals surface area contributed by atoms with Crippen LogP contribution in [0.3, 0.4) is 0 Å². The van der Waals surface area contributed by atoms with E-state index in [1.54, 1.807) is 17.0 Å². The smallest absolute Gasteiger partial charge is 0.291 e. The number of rotatable bonds is 2. The van der Waals surface area contributed by atoms with Crippen LogP contribution in [0.5, 0.6) is 0 Å². The van der Waals surface area contributed by atoms with Gasteiger partial charge in [-0.15, -0.1) is 5.10 Å². The number of nitrogen functional groups attached to an aromatic ring is 1. The molecule has 1 aliphatic rings. The molecule has 3 N–H and O–H groups in total. The summed E-state index contributed by atoms with van der Waals surface area (Å²) in [6, 6.07) is 6.35. The Labute approximate surface area is 120 Å². The number of anilines is 2. The molecule has 0 aliphatic carbocycles. The van der Waals surface area contributed by atoms with Crippen molar-refractivity contribution in [1.29, 1.82) is 0 Å². The molecule has 7 nitrogen and oxygen atoms in total. The minimum absolute atomic E-state index is 0.0586. The van der Waals surface area contributed by atoms with Crippen LogP contribution in [0, 0.1) is 5.82 Å². The lowest BCUT2D eigenvalue weighted by Crippen LogP contribution is -2.49. The van der Waals surface area contributed by atoms with Crippen LogP contribution in [-0.2, 0) is 0 Å². The largest absolute Gasteiger partial charge is 0.368 e. The molecule has 1 saturated heterocycles. The molecule has 110 valence electrons. The van der Waals surface area contributed by atoms with Crippen LogP contribution in [0.15, 0.2) is 24.3 Å². The highest BCUT2D eigenvalue weighted by Gasteiger charge is 2.24. The molecule has 0 atom stereocenters. The first-order valence-corrected chi connectivity index (χ1v) is 6.61. The topological polar surface area (TPSA) is 91.1 Å². The summed E-state index contributed by atoms with van der Waals surface area (Å²) >= 11 is 0. The predicted molar refractivity (Wildman–Crippen MR) is 75.3 cm³/mol. The lowest BCUT2D eigenvalue weighted by molar-refractivity contribution is 0.0735. The molecule has 21 heavy (non-hydrogen) atoms. The quantitative estimate of drug-likeness (QED) is 0.840. The number of hydrogen-bond acceptors (Lipinski definition) is 5. The minimum atomic E-state index is -0.254. The van der Waals surface area contributed by atoms with Crippen molar-refractivity contribution in [3.8, 4) is 0 Å². The summed E-state index contributed by atoms with van der Waals surface area (Å²) in [6.45, 7) is 2.50. The van der Waals surface area contributed by atoms with Gasteiger partial charge in [-0.2, -0.15) is 4.98 Å². The molecule has 0 spiro atoms. The van der Waals surface area contributed by atoms with Gasteiger partial charge in [0.05, 0.1) is 0 Å². The van der Waals surface area contributed by atoms with Crippen molar-refractivity contribution >= 4 is 17.5 Å². The zero-order valence-corrected chi connectivity index (χ0v) is 11.3. The maximum absolute atomic E-state index is 12.9. The average Bonchev–Trinajstić information content (AvgIpc) is 2.94. The van der Waals surface area contributed by atoms with E-state index < -0.39 is 0 Å². The molecule has 2 heterocycles. The average molecular weight is 290 g/mol. The molecule has 2 aromatic rings. The molecule has 1 aliphatic heterocycles. The van der Waals surface area contributed by atoms with Gasteiger partial charge in [0, 0.05) is 31.9 Å². The summed E-state index contributed by atoms with van der Waals surface area (Å²) in [5.74, 6) is -0.251. The zero-order chi connectivity index (χ0) is 14.8. The summed E-state index contributed by atoms with van der Waals surface area (Å²) < 4.78 is 12.9. The maximum atomic E-state index is 12.9. The van der Waals surface area contributed by atoms with Gasteiger partial charge in [0.2, 0.25) is 11.8 Å². The van der Waals surface area contributed by atoms with Crippen LogP contribution in [0.1, 0.15) is 10.6 Å². The summed E-state index contributed by atoms with van der Waals surface area (Å²) in [4.78, 5) is 19.8. The first-order valence-electron chi connectivity index (χ1n) is 6.61. The fraction of sp³-hybridized carbons (Fsp3) is 0.308. The van der Waals surface area contributed by atoms with Crippen LogP contribution < -0.4 is 10.6 Å². The van der Waals surface area contributed by atoms with E-state index in [1.807, 2.05) is 0 Å². The van der Waals surface area contributed by atoms with Gasteiger partial charge in [-0.1, -0.05) is 0 Å². The van der Waals surface area contributed by atoms with Gasteiger partial charge in [-0.05, 0) is 24.3 Å². The van der Waals surface area contributed by atoms with Crippen molar-refractivity contribution in [2.75, 3.05) is 36.8 Å².